The van der Waals surface area contributed by atoms with Gasteiger partial charge in [0.2, 0.25) is 29.4 Å². The third-order valence-corrected chi connectivity index (χ3v) is 9.79. The topological polar surface area (TPSA) is 121 Å². The van der Waals surface area contributed by atoms with Gasteiger partial charge in [-0.1, -0.05) is 51.7 Å². The maximum atomic E-state index is 15.3. The van der Waals surface area contributed by atoms with Crippen molar-refractivity contribution in [1.82, 2.24) is 20.1 Å². The van der Waals surface area contributed by atoms with E-state index >= 15 is 8.78 Å². The van der Waals surface area contributed by atoms with Crippen LogP contribution in [0.5, 0.6) is 5.88 Å². The highest BCUT2D eigenvalue weighted by Gasteiger charge is 2.44. The first-order valence-corrected chi connectivity index (χ1v) is 17.0. The van der Waals surface area contributed by atoms with Gasteiger partial charge in [-0.05, 0) is 49.6 Å². The maximum absolute atomic E-state index is 15.3. The number of amides is 3. The van der Waals surface area contributed by atoms with Crippen molar-refractivity contribution in [2.75, 3.05) is 45.7 Å². The molecule has 48 heavy (non-hydrogen) atoms. The van der Waals surface area contributed by atoms with Gasteiger partial charge in [-0.3, -0.25) is 19.2 Å². The number of Topliss-reactive ketones (excluding diaryl/α,β-unsaturated/α-hetero) is 1. The Kier molecular flexibility index (Phi) is 13.0. The fraction of sp³-hybridized carbons (Fsp3) is 0.583. The summed E-state index contributed by atoms with van der Waals surface area (Å²) in [5.41, 5.74) is 0.699. The molecule has 262 valence electrons. The molecule has 0 spiro atoms. The molecule has 2 fully saturated rings. The smallest absolute Gasteiger partial charge is 0.331 e. The second kappa shape index (κ2) is 16.9. The summed E-state index contributed by atoms with van der Waals surface area (Å²) in [7, 11) is 3.38. The number of piperazine rings is 1. The third-order valence-electron chi connectivity index (χ3n) is 9.79. The largest absolute Gasteiger partial charge is 0.481 e. The second-order valence-corrected chi connectivity index (χ2v) is 13.1. The molecular weight excluding hydrogens is 620 g/mol. The van der Waals surface area contributed by atoms with Gasteiger partial charge in [0.05, 0.1) is 7.11 Å². The summed E-state index contributed by atoms with van der Waals surface area (Å²) in [6.45, 7) is 6.30. The first-order valence-electron chi connectivity index (χ1n) is 17.0. The summed E-state index contributed by atoms with van der Waals surface area (Å²) < 4.78 is 35.6. The number of anilines is 1. The van der Waals surface area contributed by atoms with Gasteiger partial charge in [0.25, 0.3) is 0 Å². The van der Waals surface area contributed by atoms with Gasteiger partial charge in [0, 0.05) is 74.4 Å². The molecule has 1 aliphatic heterocycles. The van der Waals surface area contributed by atoms with E-state index in [4.69, 9.17) is 4.74 Å². The van der Waals surface area contributed by atoms with Crippen LogP contribution in [-0.2, 0) is 25.1 Å². The lowest BCUT2D eigenvalue weighted by atomic mass is 9.81. The zero-order valence-electron chi connectivity index (χ0n) is 28.5. The number of carbonyl (C=O) groups is 4. The number of hydrogen-bond donors (Lipinski definition) is 2. The molecule has 12 heteroatoms. The van der Waals surface area contributed by atoms with Crippen molar-refractivity contribution in [3.05, 3.63) is 53.7 Å². The van der Waals surface area contributed by atoms with Crippen LogP contribution in [0.2, 0.25) is 0 Å². The van der Waals surface area contributed by atoms with Gasteiger partial charge in [-0.2, -0.15) is 8.78 Å². The highest BCUT2D eigenvalue weighted by molar-refractivity contribution is 5.97. The molecule has 0 unspecified atom stereocenters. The second-order valence-electron chi connectivity index (χ2n) is 13.1. The molecule has 1 saturated heterocycles. The predicted molar refractivity (Wildman–Crippen MR) is 179 cm³/mol. The number of alkyl halides is 2. The standard InChI is InChI=1S/C36H49F2N5O5/c1-5-31(45)41-33(35(47)43-20-18-42(3)19-21-43)24(2)25-12-15-28(16-13-25)40-34(46)29(26-10-8-6-7-9-11-26)22-30(44)36(37,38)27-14-17-32(48-4)39-23-27/h12-17,23-24,26,29,33H,5-11,18-22H2,1-4H3,(H,40,46)(H,41,45)/t24-,29-,33+/m0/s1. The van der Waals surface area contributed by atoms with Crippen LogP contribution in [0.1, 0.15) is 82.3 Å². The Hall–Kier alpha value is -3.93. The Morgan fingerprint density at radius 2 is 1.62 bits per heavy atom. The van der Waals surface area contributed by atoms with Crippen molar-refractivity contribution in [3.8, 4) is 5.88 Å². The van der Waals surface area contributed by atoms with E-state index < -0.39 is 41.6 Å². The van der Waals surface area contributed by atoms with Crippen molar-refractivity contribution >= 4 is 29.2 Å². The molecule has 2 aromatic rings. The number of methoxy groups -OCH3 is 1. The molecule has 2 aliphatic rings. The first-order chi connectivity index (χ1) is 22.9. The number of aromatic nitrogens is 1. The molecule has 1 aromatic heterocycles. The van der Waals surface area contributed by atoms with Crippen LogP contribution < -0.4 is 15.4 Å². The minimum atomic E-state index is -3.81. The minimum absolute atomic E-state index is 0.132. The zero-order chi connectivity index (χ0) is 34.8. The number of nitrogens with one attached hydrogen (secondary N) is 2. The molecule has 1 saturated carbocycles. The number of ketones is 1. The van der Waals surface area contributed by atoms with Gasteiger partial charge >= 0.3 is 5.92 Å². The lowest BCUT2D eigenvalue weighted by molar-refractivity contribution is -0.147. The van der Waals surface area contributed by atoms with Gasteiger partial charge in [0.1, 0.15) is 6.04 Å². The first kappa shape index (κ1) is 36.9. The molecule has 10 nitrogen and oxygen atoms in total. The van der Waals surface area contributed by atoms with E-state index in [0.717, 1.165) is 56.6 Å². The average molecular weight is 670 g/mol. The Morgan fingerprint density at radius 3 is 2.19 bits per heavy atom. The number of likely N-dealkylation sites (N-methyl/N-ethyl adjacent to an activating group) is 1. The summed E-state index contributed by atoms with van der Waals surface area (Å²) in [6.07, 6.45) is 5.69. The molecule has 3 amide bonds. The molecule has 3 atom stereocenters. The number of pyridine rings is 1. The number of carbonyl (C=O) groups excluding carboxylic acids is 4. The fourth-order valence-corrected chi connectivity index (χ4v) is 6.56. The summed E-state index contributed by atoms with van der Waals surface area (Å²) >= 11 is 0. The highest BCUT2D eigenvalue weighted by atomic mass is 19.3. The van der Waals surface area contributed by atoms with E-state index in [9.17, 15) is 19.2 Å². The quantitative estimate of drug-likeness (QED) is 0.284. The molecule has 0 bridgehead atoms. The van der Waals surface area contributed by atoms with Crippen molar-refractivity contribution in [1.29, 1.82) is 0 Å². The van der Waals surface area contributed by atoms with E-state index in [0.29, 0.717) is 31.6 Å². The molecule has 4 rings (SSSR count). The van der Waals surface area contributed by atoms with Crippen molar-refractivity contribution in [2.24, 2.45) is 11.8 Å². The Balaban J connectivity index is 1.49. The number of rotatable bonds is 13. The van der Waals surface area contributed by atoms with Crippen LogP contribution in [0.4, 0.5) is 14.5 Å². The number of hydrogen-bond acceptors (Lipinski definition) is 7. The molecule has 1 aliphatic carbocycles. The monoisotopic (exact) mass is 669 g/mol. The number of halogens is 2. The fourth-order valence-electron chi connectivity index (χ4n) is 6.56. The van der Waals surface area contributed by atoms with Crippen molar-refractivity contribution in [2.45, 2.75) is 83.1 Å². The molecule has 0 radical (unpaired) electrons. The van der Waals surface area contributed by atoms with Crippen LogP contribution in [0.15, 0.2) is 42.6 Å². The number of benzene rings is 1. The average Bonchev–Trinajstić information content (AvgIpc) is 3.39. The van der Waals surface area contributed by atoms with Crippen LogP contribution in [-0.4, -0.2) is 84.7 Å². The van der Waals surface area contributed by atoms with Crippen LogP contribution in [0.25, 0.3) is 0 Å². The lowest BCUT2D eigenvalue weighted by Gasteiger charge is -2.36. The summed E-state index contributed by atoms with van der Waals surface area (Å²) in [5, 5.41) is 5.78. The Labute approximate surface area is 282 Å². The summed E-state index contributed by atoms with van der Waals surface area (Å²) in [6, 6.07) is 8.62. The van der Waals surface area contributed by atoms with Gasteiger partial charge in [-0.15, -0.1) is 0 Å². The van der Waals surface area contributed by atoms with Crippen LogP contribution >= 0.6 is 0 Å². The molecule has 2 N–H and O–H groups in total. The van der Waals surface area contributed by atoms with Gasteiger partial charge < -0.3 is 25.2 Å². The molecule has 1 aromatic carbocycles. The summed E-state index contributed by atoms with van der Waals surface area (Å²) in [5.74, 6) is -7.30. The molecule has 2 heterocycles. The predicted octanol–water partition coefficient (Wildman–Crippen LogP) is 5.14. The highest BCUT2D eigenvalue weighted by Crippen LogP contribution is 2.37. The number of ether oxygens (including phenoxy) is 1. The Bertz CT molecular complexity index is 1390. The van der Waals surface area contributed by atoms with Crippen molar-refractivity contribution < 1.29 is 32.7 Å². The van der Waals surface area contributed by atoms with Crippen LogP contribution in [0.3, 0.4) is 0 Å². The van der Waals surface area contributed by atoms with E-state index in [-0.39, 0.29) is 36.0 Å². The van der Waals surface area contributed by atoms with Crippen LogP contribution in [0, 0.1) is 11.8 Å². The minimum Gasteiger partial charge on any atom is -0.481 e. The Morgan fingerprint density at radius 1 is 0.979 bits per heavy atom. The van der Waals surface area contributed by atoms with E-state index in [1.807, 2.05) is 14.0 Å². The van der Waals surface area contributed by atoms with E-state index in [1.54, 1.807) is 36.1 Å². The van der Waals surface area contributed by atoms with E-state index in [1.165, 1.54) is 13.2 Å². The third kappa shape index (κ3) is 9.36. The summed E-state index contributed by atoms with van der Waals surface area (Å²) in [4.78, 5) is 60.6. The zero-order valence-corrected chi connectivity index (χ0v) is 28.5. The van der Waals surface area contributed by atoms with Crippen molar-refractivity contribution in [3.63, 3.8) is 0 Å². The SMILES string of the molecule is CCC(=O)N[C@@H](C(=O)N1CCN(C)CC1)[C@@H](C)c1ccc(NC(=O)[C@@H](CC(=O)C(F)(F)c2ccc(OC)nc2)C2CCCCCC2)cc1. The maximum Gasteiger partial charge on any atom is 0.331 e. The number of nitrogens with zero attached hydrogens (tertiary/aromatic N) is 3. The normalized spacial score (nSPS) is 18.2. The lowest BCUT2D eigenvalue weighted by Crippen LogP contribution is -2.55. The van der Waals surface area contributed by atoms with Gasteiger partial charge in [0.15, 0.2) is 0 Å². The van der Waals surface area contributed by atoms with Gasteiger partial charge in [-0.25, -0.2) is 4.98 Å². The van der Waals surface area contributed by atoms with E-state index in [2.05, 4.69) is 20.5 Å². The molecular formula is C36H49F2N5O5.